The number of thioether (sulfide) groups is 2. The molecular formula is C15H20N5O6S2+. The highest BCUT2D eigenvalue weighted by molar-refractivity contribution is 8.13. The van der Waals surface area contributed by atoms with Gasteiger partial charge in [0.2, 0.25) is 6.04 Å². The standard InChI is InChI=1S/C15H19N5O6S2/c1-15(2)10(12(24)25)20(8(21)5-9(20)28-15)19(6-7(16)11(22)23)14(26)27-13-17-3-4-18-13/h3-4,7,9-10H,5-6,16H2,1-2H3,(H2-,17,18,22,23,24,25)/p+1/t7?,9-,10+,20?/m1/s1. The van der Waals surface area contributed by atoms with Gasteiger partial charge in [-0.3, -0.25) is 9.59 Å². The van der Waals surface area contributed by atoms with E-state index in [-0.39, 0.29) is 11.6 Å². The minimum Gasteiger partial charge on any atom is -0.480 e. The van der Waals surface area contributed by atoms with Crippen molar-refractivity contribution in [1.82, 2.24) is 15.0 Å². The maximum atomic E-state index is 13.1. The van der Waals surface area contributed by atoms with E-state index in [2.05, 4.69) is 9.97 Å². The first-order valence-corrected chi connectivity index (χ1v) is 10.0. The summed E-state index contributed by atoms with van der Waals surface area (Å²) in [6.07, 6.45) is 3.03. The number of aromatic amines is 1. The molecule has 0 aromatic carbocycles. The third kappa shape index (κ3) is 3.07. The van der Waals surface area contributed by atoms with Crippen molar-refractivity contribution in [2.24, 2.45) is 5.73 Å². The van der Waals surface area contributed by atoms with E-state index in [4.69, 9.17) is 5.73 Å². The van der Waals surface area contributed by atoms with E-state index in [1.807, 2.05) is 0 Å². The highest BCUT2D eigenvalue weighted by atomic mass is 32.2. The van der Waals surface area contributed by atoms with E-state index in [9.17, 15) is 29.4 Å². The SMILES string of the molecule is CC1(C)S[C@@H]2CC(=O)[N+]2(N(CC(N)C(=O)O)C(=O)Sc2ncc[nH]2)[C@H]1C(=O)O. The molecule has 3 heterocycles. The van der Waals surface area contributed by atoms with E-state index >= 15 is 0 Å². The Bertz CT molecular complexity index is 831. The number of hydrogen-bond acceptors (Lipinski definition) is 8. The summed E-state index contributed by atoms with van der Waals surface area (Å²) in [6.45, 7) is 2.88. The van der Waals surface area contributed by atoms with Crippen molar-refractivity contribution < 1.29 is 34.0 Å². The van der Waals surface area contributed by atoms with Crippen molar-refractivity contribution in [1.29, 1.82) is 0 Å². The number of carboxylic acid groups (broad SMARTS) is 2. The normalized spacial score (nSPS) is 28.9. The maximum Gasteiger partial charge on any atom is 0.367 e. The zero-order valence-corrected chi connectivity index (χ0v) is 16.7. The summed E-state index contributed by atoms with van der Waals surface area (Å²) >= 11 is 1.95. The number of rotatable bonds is 6. The van der Waals surface area contributed by atoms with Crippen LogP contribution in [0, 0.1) is 0 Å². The van der Waals surface area contributed by atoms with E-state index in [0.717, 1.165) is 5.01 Å². The van der Waals surface area contributed by atoms with Gasteiger partial charge in [-0.05, 0) is 13.8 Å². The van der Waals surface area contributed by atoms with Crippen LogP contribution >= 0.6 is 23.5 Å². The molecule has 2 unspecified atom stereocenters. The van der Waals surface area contributed by atoms with Crippen LogP contribution in [0.5, 0.6) is 0 Å². The molecule has 2 aliphatic rings. The summed E-state index contributed by atoms with van der Waals surface area (Å²) in [5, 5.41) is 19.1. The molecule has 0 radical (unpaired) electrons. The van der Waals surface area contributed by atoms with Crippen molar-refractivity contribution in [2.45, 2.75) is 47.6 Å². The fraction of sp³-hybridized carbons (Fsp3) is 0.533. The average molecular weight is 430 g/mol. The largest absolute Gasteiger partial charge is 0.480 e. The molecule has 0 spiro atoms. The Morgan fingerprint density at radius 2 is 2.18 bits per heavy atom. The Hall–Kier alpha value is -2.09. The molecule has 5 N–H and O–H groups in total. The van der Waals surface area contributed by atoms with Crippen LogP contribution in [-0.2, 0) is 14.4 Å². The predicted octanol–water partition coefficient (Wildman–Crippen LogP) is 0.303. The summed E-state index contributed by atoms with van der Waals surface area (Å²) in [6, 6.07) is -2.74. The predicted molar refractivity (Wildman–Crippen MR) is 98.9 cm³/mol. The van der Waals surface area contributed by atoms with Gasteiger partial charge in [0.15, 0.2) is 10.5 Å². The van der Waals surface area contributed by atoms with Crippen LogP contribution in [-0.4, -0.2) is 81.6 Å². The number of nitrogens with zero attached hydrogens (tertiary/aromatic N) is 3. The molecule has 0 aliphatic carbocycles. The molecule has 11 nitrogen and oxygen atoms in total. The van der Waals surface area contributed by atoms with Gasteiger partial charge in [-0.15, -0.1) is 4.59 Å². The first kappa shape index (κ1) is 20.6. The minimum atomic E-state index is -1.48. The molecule has 28 heavy (non-hydrogen) atoms. The third-order valence-corrected chi connectivity index (χ3v) is 7.26. The fourth-order valence-electron chi connectivity index (χ4n) is 3.75. The topological polar surface area (TPSA) is 167 Å². The molecule has 13 heteroatoms. The Balaban J connectivity index is 2.06. The van der Waals surface area contributed by atoms with Gasteiger partial charge in [0, 0.05) is 24.2 Å². The first-order chi connectivity index (χ1) is 13.0. The van der Waals surface area contributed by atoms with Gasteiger partial charge < -0.3 is 20.9 Å². The van der Waals surface area contributed by atoms with Crippen LogP contribution in [0.2, 0.25) is 0 Å². The number of carbonyl (C=O) groups excluding carboxylic acids is 2. The van der Waals surface area contributed by atoms with Crippen LogP contribution in [0.4, 0.5) is 4.79 Å². The molecule has 2 amide bonds. The van der Waals surface area contributed by atoms with Crippen LogP contribution in [0.1, 0.15) is 20.3 Å². The second kappa shape index (κ2) is 7.06. The number of nitrogens with one attached hydrogen (secondary N) is 1. The van der Waals surface area contributed by atoms with Gasteiger partial charge in [0.05, 0.1) is 11.3 Å². The fourth-order valence-corrected chi connectivity index (χ4v) is 6.30. The molecule has 0 bridgehead atoms. The molecule has 1 aromatic rings. The molecular weight excluding hydrogens is 410 g/mol. The number of nitrogens with two attached hydrogens (primary N) is 1. The molecule has 0 saturated carbocycles. The Labute approximate surface area is 168 Å². The lowest BCUT2D eigenvalue weighted by atomic mass is 9.96. The zero-order valence-electron chi connectivity index (χ0n) is 15.1. The van der Waals surface area contributed by atoms with Gasteiger partial charge in [-0.1, -0.05) is 11.8 Å². The Kier molecular flexibility index (Phi) is 5.20. The monoisotopic (exact) mass is 430 g/mol. The summed E-state index contributed by atoms with van der Waals surface area (Å²) in [5.74, 6) is -3.05. The van der Waals surface area contributed by atoms with Gasteiger partial charge in [-0.2, -0.15) is 5.01 Å². The first-order valence-electron chi connectivity index (χ1n) is 8.31. The molecule has 1 aromatic heterocycles. The van der Waals surface area contributed by atoms with E-state index in [1.54, 1.807) is 13.8 Å². The summed E-state index contributed by atoms with van der Waals surface area (Å²) in [7, 11) is 0. The molecule has 3 rings (SSSR count). The summed E-state index contributed by atoms with van der Waals surface area (Å²) in [5.41, 5.74) is 5.66. The van der Waals surface area contributed by atoms with E-state index < -0.39 is 56.4 Å². The van der Waals surface area contributed by atoms with Crippen LogP contribution in [0.3, 0.4) is 0 Å². The number of carbonyl (C=O) groups is 4. The zero-order chi connectivity index (χ0) is 20.9. The van der Waals surface area contributed by atoms with Gasteiger partial charge >= 0.3 is 23.1 Å². The Morgan fingerprint density at radius 1 is 1.50 bits per heavy atom. The number of aliphatic carboxylic acids is 2. The molecule has 2 aliphatic heterocycles. The number of β-lactam (4-membered cyclic amide) rings is 1. The molecule has 2 saturated heterocycles. The summed E-state index contributed by atoms with van der Waals surface area (Å²) < 4.78 is -1.62. The number of amides is 2. The van der Waals surface area contributed by atoms with Gasteiger partial charge in [-0.25, -0.2) is 14.6 Å². The number of hydrogen-bond donors (Lipinski definition) is 4. The minimum absolute atomic E-state index is 0.0926. The number of imidazole rings is 1. The maximum absolute atomic E-state index is 13.1. The van der Waals surface area contributed by atoms with Gasteiger partial charge in [0.25, 0.3) is 0 Å². The van der Waals surface area contributed by atoms with Crippen molar-refractivity contribution in [3.8, 4) is 0 Å². The Morgan fingerprint density at radius 3 is 2.68 bits per heavy atom. The quantitative estimate of drug-likeness (QED) is 0.280. The molecule has 152 valence electrons. The highest BCUT2D eigenvalue weighted by Crippen LogP contribution is 2.58. The smallest absolute Gasteiger partial charge is 0.367 e. The number of fused-ring (bicyclic) bond motifs is 1. The third-order valence-electron chi connectivity index (χ3n) is 4.87. The van der Waals surface area contributed by atoms with Crippen LogP contribution in [0.15, 0.2) is 17.6 Å². The second-order valence-corrected chi connectivity index (χ2v) is 9.81. The lowest BCUT2D eigenvalue weighted by Crippen LogP contribution is -2.80. The van der Waals surface area contributed by atoms with Crippen molar-refractivity contribution in [2.75, 3.05) is 6.54 Å². The van der Waals surface area contributed by atoms with E-state index in [0.29, 0.717) is 11.8 Å². The number of quaternary nitrogens is 1. The summed E-state index contributed by atoms with van der Waals surface area (Å²) in [4.78, 5) is 56.0. The van der Waals surface area contributed by atoms with Crippen LogP contribution in [0.25, 0.3) is 0 Å². The average Bonchev–Trinajstić information content (AvgIpc) is 3.14. The number of aromatic nitrogens is 2. The van der Waals surface area contributed by atoms with Crippen molar-refractivity contribution in [3.05, 3.63) is 12.4 Å². The number of H-pyrrole nitrogens is 1. The lowest BCUT2D eigenvalue weighted by Gasteiger charge is -2.51. The lowest BCUT2D eigenvalue weighted by molar-refractivity contribution is -0.995. The van der Waals surface area contributed by atoms with E-state index in [1.165, 1.54) is 24.2 Å². The van der Waals surface area contributed by atoms with Gasteiger partial charge in [0.1, 0.15) is 12.5 Å². The molecule has 2 fully saturated rings. The van der Waals surface area contributed by atoms with Crippen molar-refractivity contribution >= 4 is 46.6 Å². The second-order valence-electron chi connectivity index (χ2n) is 7.04. The highest BCUT2D eigenvalue weighted by Gasteiger charge is 2.77. The van der Waals surface area contributed by atoms with Crippen molar-refractivity contribution in [3.63, 3.8) is 0 Å². The number of carboxylic acids is 2. The van der Waals surface area contributed by atoms with Crippen LogP contribution < -0.4 is 5.73 Å². The molecule has 4 atom stereocenters.